The van der Waals surface area contributed by atoms with Gasteiger partial charge in [-0.15, -0.1) is 11.3 Å². The molecule has 0 atom stereocenters. The highest BCUT2D eigenvalue weighted by molar-refractivity contribution is 7.19. The topological polar surface area (TPSA) is 124 Å². The molecule has 0 amide bonds. The van der Waals surface area contributed by atoms with Crippen molar-refractivity contribution in [3.8, 4) is 32.2 Å². The van der Waals surface area contributed by atoms with Gasteiger partial charge in [0.05, 0.1) is 36.9 Å². The second-order valence-electron chi connectivity index (χ2n) is 19.1. The first kappa shape index (κ1) is 50.1. The van der Waals surface area contributed by atoms with E-state index < -0.39 is 17.1 Å². The van der Waals surface area contributed by atoms with Gasteiger partial charge in [-0.1, -0.05) is 137 Å². The summed E-state index contributed by atoms with van der Waals surface area (Å²) in [4.78, 5) is 19.2. The molecule has 3 N–H and O–H groups in total. The quantitative estimate of drug-likeness (QED) is 0.0369. The minimum atomic E-state index is -1.31. The number of nitrogens with zero attached hydrogens (tertiary/aromatic N) is 4. The molecule has 3 aromatic heterocycles. The molecule has 0 aliphatic heterocycles. The lowest BCUT2D eigenvalue weighted by molar-refractivity contribution is -0.132. The molecule has 0 spiro atoms. The van der Waals surface area contributed by atoms with Gasteiger partial charge in [0.2, 0.25) is 0 Å². The molecule has 1 aliphatic rings. The van der Waals surface area contributed by atoms with Crippen LogP contribution < -0.4 is 4.90 Å². The summed E-state index contributed by atoms with van der Waals surface area (Å²) in [6.07, 6.45) is 12.9. The zero-order chi connectivity index (χ0) is 51.2. The highest BCUT2D eigenvalue weighted by Crippen LogP contribution is 2.61. The molecule has 10 rings (SSSR count). The number of aliphatic hydroxyl groups is 2. The molecule has 0 fully saturated rings. The number of carboxylic acid groups (broad SMARTS) is 1. The van der Waals surface area contributed by atoms with E-state index in [1.165, 1.54) is 82.9 Å². The van der Waals surface area contributed by atoms with Gasteiger partial charge in [-0.2, -0.15) is 8.75 Å². The third kappa shape index (κ3) is 9.74. The number of thiophene rings is 1. The molecule has 9 aromatic rings. The van der Waals surface area contributed by atoms with Crippen molar-refractivity contribution < 1.29 is 24.5 Å². The first-order valence-electron chi connectivity index (χ1n) is 25.6. The van der Waals surface area contributed by atoms with E-state index in [2.05, 4.69) is 127 Å². The van der Waals surface area contributed by atoms with Crippen molar-refractivity contribution in [2.45, 2.75) is 96.7 Å². The fraction of sp³-hybridized carbons (Fsp3) is 0.238. The van der Waals surface area contributed by atoms with E-state index in [1.54, 1.807) is 23.5 Å². The number of furan rings is 1. The fourth-order valence-corrected chi connectivity index (χ4v) is 12.4. The lowest BCUT2D eigenvalue weighted by atomic mass is 9.67. The Balaban J connectivity index is 1.17. The summed E-state index contributed by atoms with van der Waals surface area (Å²) in [5, 5.41) is 29.5. The predicted octanol–water partition coefficient (Wildman–Crippen LogP) is 16.1. The number of fused-ring (bicyclic) bond motifs is 4. The van der Waals surface area contributed by atoms with Crippen molar-refractivity contribution in [1.29, 1.82) is 0 Å². The van der Waals surface area contributed by atoms with Crippen LogP contribution in [0.3, 0.4) is 0 Å². The molecule has 11 heteroatoms. The normalized spacial score (nSPS) is 12.7. The number of carboxylic acids is 1. The Morgan fingerprint density at radius 1 is 0.622 bits per heavy atom. The van der Waals surface area contributed by atoms with E-state index in [4.69, 9.17) is 19.7 Å². The number of aromatic nitrogens is 2. The number of unbranched alkanes of at least 4 members (excludes halogenated alkanes) is 6. The monoisotopic (exact) mass is 1010 g/mol. The van der Waals surface area contributed by atoms with Gasteiger partial charge in [0.25, 0.3) is 5.70 Å². The number of carbonyl (C=O) groups is 1. The average molecular weight is 1020 g/mol. The van der Waals surface area contributed by atoms with Gasteiger partial charge in [-0.05, 0) is 142 Å². The summed E-state index contributed by atoms with van der Waals surface area (Å²) in [7, 11) is 0. The zero-order valence-electron chi connectivity index (χ0n) is 41.7. The summed E-state index contributed by atoms with van der Waals surface area (Å²) in [6, 6.07) is 51.6. The highest BCUT2D eigenvalue weighted by Gasteiger charge is 2.48. The molecule has 1 aliphatic carbocycles. The van der Waals surface area contributed by atoms with Crippen LogP contribution in [0, 0.1) is 6.57 Å². The van der Waals surface area contributed by atoms with E-state index >= 15 is 0 Å². The molecular formula is C63H58N4O5S2. The van der Waals surface area contributed by atoms with Gasteiger partial charge < -0.3 is 24.6 Å². The second kappa shape index (κ2) is 22.3. The van der Waals surface area contributed by atoms with E-state index in [0.717, 1.165) is 92.7 Å². The Morgan fingerprint density at radius 2 is 1.15 bits per heavy atom. The molecule has 0 bridgehead atoms. The third-order valence-electron chi connectivity index (χ3n) is 14.4. The number of rotatable bonds is 21. The van der Waals surface area contributed by atoms with Gasteiger partial charge in [-0.25, -0.2) is 4.85 Å². The summed E-state index contributed by atoms with van der Waals surface area (Å²) >= 11 is 2.90. The van der Waals surface area contributed by atoms with E-state index in [0.29, 0.717) is 11.3 Å². The Bertz CT molecular complexity index is 3390. The second-order valence-corrected chi connectivity index (χ2v) is 20.7. The first-order chi connectivity index (χ1) is 36.3. The molecule has 0 saturated heterocycles. The molecule has 9 nitrogen and oxygen atoms in total. The summed E-state index contributed by atoms with van der Waals surface area (Å²) in [6.45, 7) is 11.7. The molecular weight excluding hydrogens is 957 g/mol. The summed E-state index contributed by atoms with van der Waals surface area (Å²) < 4.78 is 15.8. The van der Waals surface area contributed by atoms with Gasteiger partial charge in [0.15, 0.2) is 0 Å². The molecule has 6 aromatic carbocycles. The van der Waals surface area contributed by atoms with Crippen LogP contribution in [0.4, 0.5) is 17.1 Å². The Morgan fingerprint density at radius 3 is 1.69 bits per heavy atom. The number of hydrogen-bond acceptors (Lipinski definition) is 9. The molecule has 0 radical (unpaired) electrons. The molecule has 74 heavy (non-hydrogen) atoms. The van der Waals surface area contributed by atoms with Crippen LogP contribution in [0.1, 0.15) is 115 Å². The SMILES string of the molecule is [C-]#[N+]/C(=C\c1ccc(-c2ccc(-c3cc4c(s3)-c3ccc(N(c5ccc(CO)cc5)c5ccc(CO)cc5)cc3C4(c3ccc(CCCCCC)cc3)c3ccc(CCCCCC)cc3)c3nsnc23)o1)C(=O)O. The zero-order valence-corrected chi connectivity index (χ0v) is 43.3. The smallest absolute Gasteiger partial charge is 0.333 e. The van der Waals surface area contributed by atoms with Crippen LogP contribution in [0.5, 0.6) is 0 Å². The standard InChI is InChI=1S/C63H58N4O5S2/c1-4-6-8-10-12-41-14-22-45(23-15-41)63(46-24-16-42(17-25-46)13-11-9-7-5-2)54-36-49(67(47-26-18-43(39-68)19-27-47)48-28-20-44(40-69)21-29-48)30-32-51(54)61-55(63)38-58(73-61)53-34-33-52(59-60(53)66-74-65-59)57-35-31-50(72-57)37-56(64-3)62(70)71/h14-38,68-69H,4-13,39-40H2,1-2H3,(H,70,71)/b56-37-. The van der Waals surface area contributed by atoms with Crippen molar-refractivity contribution >= 4 is 63.2 Å². The summed E-state index contributed by atoms with van der Waals surface area (Å²) in [5.74, 6) is -0.554. The maximum absolute atomic E-state index is 11.6. The lowest BCUT2D eigenvalue weighted by Gasteiger charge is -2.35. The van der Waals surface area contributed by atoms with Crippen molar-refractivity contribution in [3.05, 3.63) is 213 Å². The van der Waals surface area contributed by atoms with Gasteiger partial charge in [0, 0.05) is 37.9 Å². The van der Waals surface area contributed by atoms with E-state index in [1.807, 2.05) is 30.3 Å². The summed E-state index contributed by atoms with van der Waals surface area (Å²) in [5.41, 5.74) is 15.0. The first-order valence-corrected chi connectivity index (χ1v) is 27.2. The average Bonchev–Trinajstić information content (AvgIpc) is 4.29. The lowest BCUT2D eigenvalue weighted by Crippen LogP contribution is -2.28. The number of benzene rings is 6. The van der Waals surface area contributed by atoms with Crippen LogP contribution >= 0.6 is 23.1 Å². The number of aliphatic carboxylic acids is 1. The van der Waals surface area contributed by atoms with E-state index in [-0.39, 0.29) is 19.0 Å². The van der Waals surface area contributed by atoms with Crippen LogP contribution in [-0.4, -0.2) is 30.0 Å². The Hall–Kier alpha value is -7.46. The largest absolute Gasteiger partial charge is 0.486 e. The van der Waals surface area contributed by atoms with Crippen LogP contribution in [0.15, 0.2) is 156 Å². The van der Waals surface area contributed by atoms with Crippen molar-refractivity contribution in [1.82, 2.24) is 8.75 Å². The van der Waals surface area contributed by atoms with E-state index in [9.17, 15) is 20.1 Å². The number of anilines is 3. The van der Waals surface area contributed by atoms with Gasteiger partial charge >= 0.3 is 5.97 Å². The fourth-order valence-electron chi connectivity index (χ4n) is 10.5. The maximum atomic E-state index is 11.6. The van der Waals surface area contributed by atoms with Crippen LogP contribution in [-0.2, 0) is 36.3 Å². The number of aryl methyl sites for hydroxylation is 2. The molecule has 0 unspecified atom stereocenters. The number of aliphatic hydroxyl groups excluding tert-OH is 2. The Labute approximate surface area is 440 Å². The molecule has 3 heterocycles. The van der Waals surface area contributed by atoms with Crippen molar-refractivity contribution in [2.75, 3.05) is 4.90 Å². The predicted molar refractivity (Wildman–Crippen MR) is 300 cm³/mol. The van der Waals surface area contributed by atoms with Gasteiger partial charge in [-0.3, -0.25) is 4.79 Å². The van der Waals surface area contributed by atoms with Crippen molar-refractivity contribution in [3.63, 3.8) is 0 Å². The highest BCUT2D eigenvalue weighted by atomic mass is 32.1. The van der Waals surface area contributed by atoms with Crippen LogP contribution in [0.25, 0.3) is 54.2 Å². The number of hydrogen-bond donors (Lipinski definition) is 3. The third-order valence-corrected chi connectivity index (χ3v) is 16.1. The Kier molecular flexibility index (Phi) is 15.1. The minimum Gasteiger partial charge on any atom is -0.486 e. The molecule has 0 saturated carbocycles. The van der Waals surface area contributed by atoms with Gasteiger partial charge in [0.1, 0.15) is 22.6 Å². The minimum absolute atomic E-state index is 0.0501. The molecule has 372 valence electrons. The maximum Gasteiger partial charge on any atom is 0.333 e. The van der Waals surface area contributed by atoms with Crippen LogP contribution in [0.2, 0.25) is 0 Å². The van der Waals surface area contributed by atoms with Crippen molar-refractivity contribution in [2.24, 2.45) is 0 Å².